The van der Waals surface area contributed by atoms with Crippen LogP contribution in [0.4, 0.5) is 5.82 Å². The van der Waals surface area contributed by atoms with E-state index >= 15 is 0 Å². The molecule has 0 unspecified atom stereocenters. The van der Waals surface area contributed by atoms with E-state index in [2.05, 4.69) is 23.9 Å². The third-order valence-electron chi connectivity index (χ3n) is 4.57. The minimum Gasteiger partial charge on any atom is -0.478 e. The van der Waals surface area contributed by atoms with Gasteiger partial charge in [-0.2, -0.15) is 5.10 Å². The summed E-state index contributed by atoms with van der Waals surface area (Å²) in [6.45, 7) is 5.49. The highest BCUT2D eigenvalue weighted by molar-refractivity contribution is 5.99. The lowest BCUT2D eigenvalue weighted by Crippen LogP contribution is -2.16. The van der Waals surface area contributed by atoms with E-state index in [4.69, 9.17) is 15.2 Å². The lowest BCUT2D eigenvalue weighted by atomic mass is 9.99. The average molecular weight is 348 g/mol. The Morgan fingerprint density at radius 1 is 1.56 bits per heavy atom. The van der Waals surface area contributed by atoms with Crippen LogP contribution < -0.4 is 5.73 Å². The first-order valence-corrected chi connectivity index (χ1v) is 8.61. The van der Waals surface area contributed by atoms with E-state index in [-0.39, 0.29) is 29.5 Å². The summed E-state index contributed by atoms with van der Waals surface area (Å²) in [6.07, 6.45) is 4.05. The van der Waals surface area contributed by atoms with Crippen molar-refractivity contribution >= 4 is 17.3 Å². The van der Waals surface area contributed by atoms with E-state index in [1.165, 1.54) is 10.8 Å². The molecule has 0 saturated carbocycles. The first kappa shape index (κ1) is 17.6. The van der Waals surface area contributed by atoms with Crippen LogP contribution in [0.5, 0.6) is 0 Å². The van der Waals surface area contributed by atoms with Gasteiger partial charge in [0.05, 0.1) is 24.0 Å². The van der Waals surface area contributed by atoms with E-state index in [9.17, 15) is 9.90 Å². The van der Waals surface area contributed by atoms with Crippen molar-refractivity contribution in [3.8, 4) is 0 Å². The standard InChI is InChI=1S/C17H24N4O4/c1-3-4-5-24-8-11-6-10(2)15(25-11)13-7-12(17(22)23)14-16(18)19-9-20-21(13)14/h7,9-11,15H,3-6,8H2,1-2H3,(H,22,23)(H2,18,19,20)/t10-,11-,15+/m0/s1. The van der Waals surface area contributed by atoms with E-state index in [1.54, 1.807) is 6.07 Å². The Bertz CT molecular complexity index is 760. The van der Waals surface area contributed by atoms with Crippen LogP contribution in [0.2, 0.25) is 0 Å². The molecule has 3 rings (SSSR count). The number of aromatic nitrogens is 3. The number of rotatable bonds is 7. The van der Waals surface area contributed by atoms with E-state index in [0.29, 0.717) is 17.8 Å². The second kappa shape index (κ2) is 7.37. The fraction of sp³-hybridized carbons (Fsp3) is 0.588. The zero-order chi connectivity index (χ0) is 18.0. The van der Waals surface area contributed by atoms with Crippen LogP contribution in [0.3, 0.4) is 0 Å². The molecule has 3 atom stereocenters. The third kappa shape index (κ3) is 3.45. The molecular weight excluding hydrogens is 324 g/mol. The molecule has 2 aromatic heterocycles. The molecule has 1 fully saturated rings. The maximum Gasteiger partial charge on any atom is 0.338 e. The molecule has 136 valence electrons. The number of unbranched alkanes of at least 4 members (excludes halogenated alkanes) is 1. The zero-order valence-corrected chi connectivity index (χ0v) is 14.5. The van der Waals surface area contributed by atoms with Gasteiger partial charge < -0.3 is 20.3 Å². The molecule has 3 heterocycles. The Labute approximate surface area is 145 Å². The summed E-state index contributed by atoms with van der Waals surface area (Å²) in [6, 6.07) is 1.59. The molecule has 1 aliphatic rings. The van der Waals surface area contributed by atoms with Crippen molar-refractivity contribution in [2.45, 2.75) is 45.3 Å². The van der Waals surface area contributed by atoms with Crippen molar-refractivity contribution in [1.29, 1.82) is 0 Å². The summed E-state index contributed by atoms with van der Waals surface area (Å²) < 4.78 is 13.3. The number of carboxylic acids is 1. The van der Waals surface area contributed by atoms with Gasteiger partial charge in [-0.3, -0.25) is 0 Å². The van der Waals surface area contributed by atoms with Crippen LogP contribution in [0, 0.1) is 5.92 Å². The summed E-state index contributed by atoms with van der Waals surface area (Å²) in [7, 11) is 0. The molecule has 0 aromatic carbocycles. The molecule has 8 nitrogen and oxygen atoms in total. The molecule has 0 bridgehead atoms. The van der Waals surface area contributed by atoms with Crippen molar-refractivity contribution in [3.63, 3.8) is 0 Å². The van der Waals surface area contributed by atoms with E-state index < -0.39 is 5.97 Å². The van der Waals surface area contributed by atoms with E-state index in [1.807, 2.05) is 0 Å². The second-order valence-corrected chi connectivity index (χ2v) is 6.51. The minimum absolute atomic E-state index is 0.00475. The van der Waals surface area contributed by atoms with Gasteiger partial charge in [-0.15, -0.1) is 0 Å². The summed E-state index contributed by atoms with van der Waals surface area (Å²) >= 11 is 0. The van der Waals surface area contributed by atoms with Gasteiger partial charge in [0.15, 0.2) is 5.82 Å². The van der Waals surface area contributed by atoms with Gasteiger partial charge in [0.2, 0.25) is 0 Å². The Morgan fingerprint density at radius 3 is 3.08 bits per heavy atom. The van der Waals surface area contributed by atoms with Crippen molar-refractivity contribution in [2.75, 3.05) is 18.9 Å². The summed E-state index contributed by atoms with van der Waals surface area (Å²) in [5.74, 6) is -0.699. The molecule has 1 aliphatic heterocycles. The number of carboxylic acid groups (broad SMARTS) is 1. The van der Waals surface area contributed by atoms with Crippen molar-refractivity contribution in [3.05, 3.63) is 23.7 Å². The first-order valence-electron chi connectivity index (χ1n) is 8.61. The lowest BCUT2D eigenvalue weighted by molar-refractivity contribution is -0.0216. The Balaban J connectivity index is 1.84. The lowest BCUT2D eigenvalue weighted by Gasteiger charge is -2.15. The summed E-state index contributed by atoms with van der Waals surface area (Å²) in [5, 5.41) is 13.6. The maximum atomic E-state index is 11.6. The molecule has 1 saturated heterocycles. The smallest absolute Gasteiger partial charge is 0.338 e. The number of nitrogen functional groups attached to an aromatic ring is 1. The molecule has 25 heavy (non-hydrogen) atoms. The topological polar surface area (TPSA) is 112 Å². The number of nitrogens with two attached hydrogens (primary N) is 1. The number of hydrogen-bond donors (Lipinski definition) is 2. The van der Waals surface area contributed by atoms with Crippen LogP contribution >= 0.6 is 0 Å². The van der Waals surface area contributed by atoms with Crippen molar-refractivity contribution in [2.24, 2.45) is 5.92 Å². The van der Waals surface area contributed by atoms with Gasteiger partial charge >= 0.3 is 5.97 Å². The predicted molar refractivity (Wildman–Crippen MR) is 91.5 cm³/mol. The quantitative estimate of drug-likeness (QED) is 0.738. The third-order valence-corrected chi connectivity index (χ3v) is 4.57. The monoisotopic (exact) mass is 348 g/mol. The number of nitrogens with zero attached hydrogens (tertiary/aromatic N) is 3. The van der Waals surface area contributed by atoms with Gasteiger partial charge in [-0.1, -0.05) is 20.3 Å². The van der Waals surface area contributed by atoms with Gasteiger partial charge in [0, 0.05) is 6.61 Å². The van der Waals surface area contributed by atoms with Crippen LogP contribution in [0.1, 0.15) is 55.3 Å². The molecule has 3 N–H and O–H groups in total. The highest BCUT2D eigenvalue weighted by atomic mass is 16.5. The van der Waals surface area contributed by atoms with Crippen LogP contribution in [0.15, 0.2) is 12.4 Å². The van der Waals surface area contributed by atoms with Crippen molar-refractivity contribution < 1.29 is 19.4 Å². The fourth-order valence-electron chi connectivity index (χ4n) is 3.32. The molecule has 8 heteroatoms. The number of hydrogen-bond acceptors (Lipinski definition) is 6. The van der Waals surface area contributed by atoms with Crippen LogP contribution in [0.25, 0.3) is 5.52 Å². The normalized spacial score (nSPS) is 23.4. The fourth-order valence-corrected chi connectivity index (χ4v) is 3.32. The minimum atomic E-state index is -1.06. The Morgan fingerprint density at radius 2 is 2.36 bits per heavy atom. The maximum absolute atomic E-state index is 11.6. The SMILES string of the molecule is CCCCOC[C@@H]1C[C@H](C)[C@H](c2cc(C(=O)O)c3c(N)ncnn23)O1. The van der Waals surface area contributed by atoms with Crippen LogP contribution in [-0.2, 0) is 9.47 Å². The highest BCUT2D eigenvalue weighted by Gasteiger charge is 2.36. The first-order chi connectivity index (χ1) is 12.0. The highest BCUT2D eigenvalue weighted by Crippen LogP contribution is 2.39. The van der Waals surface area contributed by atoms with Gasteiger partial charge in [0.25, 0.3) is 0 Å². The predicted octanol–water partition coefficient (Wildman–Crippen LogP) is 2.29. The van der Waals surface area contributed by atoms with Gasteiger partial charge in [-0.05, 0) is 24.8 Å². The second-order valence-electron chi connectivity index (χ2n) is 6.51. The number of aromatic carboxylic acids is 1. The molecule has 2 aromatic rings. The number of carbonyl (C=O) groups is 1. The van der Waals surface area contributed by atoms with Crippen LogP contribution in [-0.4, -0.2) is 45.0 Å². The summed E-state index contributed by atoms with van der Waals surface area (Å²) in [4.78, 5) is 15.5. The average Bonchev–Trinajstić information content (AvgIpc) is 3.13. The summed E-state index contributed by atoms with van der Waals surface area (Å²) in [5.41, 5.74) is 6.95. The Kier molecular flexibility index (Phi) is 5.19. The zero-order valence-electron chi connectivity index (χ0n) is 14.5. The largest absolute Gasteiger partial charge is 0.478 e. The molecule has 0 amide bonds. The molecule has 0 radical (unpaired) electrons. The Hall–Kier alpha value is -2.19. The number of fused-ring (bicyclic) bond motifs is 1. The molecule has 0 aliphatic carbocycles. The van der Waals surface area contributed by atoms with Gasteiger partial charge in [0.1, 0.15) is 17.9 Å². The molecular formula is C17H24N4O4. The number of ether oxygens (including phenoxy) is 2. The number of anilines is 1. The molecule has 0 spiro atoms. The van der Waals surface area contributed by atoms with Crippen molar-refractivity contribution in [1.82, 2.24) is 14.6 Å². The van der Waals surface area contributed by atoms with E-state index in [0.717, 1.165) is 25.9 Å². The van der Waals surface area contributed by atoms with Gasteiger partial charge in [-0.25, -0.2) is 14.3 Å².